The zero-order chi connectivity index (χ0) is 30.6. The Bertz CT molecular complexity index is 1810. The molecule has 0 unspecified atom stereocenters. The van der Waals surface area contributed by atoms with Crippen LogP contribution in [0.2, 0.25) is 0 Å². The number of amides is 1. The van der Waals surface area contributed by atoms with Gasteiger partial charge in [0.1, 0.15) is 5.82 Å². The monoisotopic (exact) mass is 602 g/mol. The van der Waals surface area contributed by atoms with Crippen molar-refractivity contribution in [2.75, 3.05) is 53.6 Å². The van der Waals surface area contributed by atoms with E-state index >= 15 is 0 Å². The van der Waals surface area contributed by atoms with Gasteiger partial charge in [0.25, 0.3) is 5.91 Å². The van der Waals surface area contributed by atoms with E-state index in [4.69, 9.17) is 9.98 Å². The number of H-pyrrole nitrogens is 1. The SMILES string of the molecule is CN(C)CCNC(=O)c1ccc(C2=Nc3cc(-c4ccc5nc(-c6ccc(SCCN(C)C)cc6)[nH]c5c4)ccc3C2)cc1. The van der Waals surface area contributed by atoms with Gasteiger partial charge < -0.3 is 20.1 Å². The number of aliphatic imine (C=N–C) groups is 1. The smallest absolute Gasteiger partial charge is 0.251 e. The van der Waals surface area contributed by atoms with Gasteiger partial charge in [-0.25, -0.2) is 4.98 Å². The molecule has 1 aliphatic heterocycles. The number of carbonyl (C=O) groups is 1. The minimum absolute atomic E-state index is 0.0517. The maximum absolute atomic E-state index is 12.5. The van der Waals surface area contributed by atoms with Crippen molar-refractivity contribution in [2.45, 2.75) is 11.3 Å². The van der Waals surface area contributed by atoms with E-state index in [1.165, 1.54) is 10.5 Å². The molecule has 1 aromatic heterocycles. The summed E-state index contributed by atoms with van der Waals surface area (Å²) in [5.74, 6) is 1.89. The van der Waals surface area contributed by atoms with Gasteiger partial charge in [0.15, 0.2) is 0 Å². The molecule has 0 spiro atoms. The minimum Gasteiger partial charge on any atom is -0.351 e. The lowest BCUT2D eigenvalue weighted by molar-refractivity contribution is 0.0951. The average Bonchev–Trinajstić information content (AvgIpc) is 3.65. The number of hydrogen-bond acceptors (Lipinski definition) is 6. The Labute approximate surface area is 263 Å². The molecule has 8 heteroatoms. The highest BCUT2D eigenvalue weighted by Gasteiger charge is 2.18. The second-order valence-electron chi connectivity index (χ2n) is 11.7. The highest BCUT2D eigenvalue weighted by molar-refractivity contribution is 7.99. The van der Waals surface area contributed by atoms with Crippen molar-refractivity contribution in [2.24, 2.45) is 4.99 Å². The Morgan fingerprint density at radius 2 is 1.50 bits per heavy atom. The summed E-state index contributed by atoms with van der Waals surface area (Å²) in [6, 6.07) is 29.3. The first kappa shape index (κ1) is 29.8. The van der Waals surface area contributed by atoms with Crippen LogP contribution in [0.15, 0.2) is 94.8 Å². The highest BCUT2D eigenvalue weighted by Crippen LogP contribution is 2.34. The topological polar surface area (TPSA) is 76.6 Å². The van der Waals surface area contributed by atoms with Crippen molar-refractivity contribution in [1.29, 1.82) is 0 Å². The number of hydrogen-bond donors (Lipinski definition) is 2. The molecule has 2 N–H and O–H groups in total. The number of imidazole rings is 1. The predicted molar refractivity (Wildman–Crippen MR) is 183 cm³/mol. The van der Waals surface area contributed by atoms with Crippen molar-refractivity contribution in [3.8, 4) is 22.5 Å². The van der Waals surface area contributed by atoms with E-state index in [0.717, 1.165) is 75.8 Å². The number of likely N-dealkylation sites (N-methyl/N-ethyl adjacent to an activating group) is 1. The zero-order valence-corrected chi connectivity index (χ0v) is 26.5. The van der Waals surface area contributed by atoms with Crippen molar-refractivity contribution in [3.05, 3.63) is 102 Å². The highest BCUT2D eigenvalue weighted by atomic mass is 32.2. The van der Waals surface area contributed by atoms with E-state index in [9.17, 15) is 4.79 Å². The molecule has 7 nitrogen and oxygen atoms in total. The van der Waals surface area contributed by atoms with Crippen LogP contribution in [0.4, 0.5) is 5.69 Å². The van der Waals surface area contributed by atoms with Gasteiger partial charge in [-0.1, -0.05) is 42.5 Å². The van der Waals surface area contributed by atoms with Crippen molar-refractivity contribution in [3.63, 3.8) is 0 Å². The number of nitrogens with one attached hydrogen (secondary N) is 2. The van der Waals surface area contributed by atoms with Crippen LogP contribution in [-0.2, 0) is 6.42 Å². The number of fused-ring (bicyclic) bond motifs is 2. The Morgan fingerprint density at radius 1 is 0.818 bits per heavy atom. The molecule has 5 aromatic rings. The number of benzene rings is 4. The van der Waals surface area contributed by atoms with Gasteiger partial charge in [-0.2, -0.15) is 0 Å². The standard InChI is InChI=1S/C36H38N6OS/c1-41(2)18-17-37-36(43)26-7-5-24(6-8-26)32-23-29-10-9-27(21-33(29)38-32)28-13-16-31-34(22-28)40-35(39-31)25-11-14-30(15-12-25)44-20-19-42(3)4/h5-16,21-22H,17-20,23H2,1-4H3,(H,37,43)(H,39,40). The molecule has 4 aromatic carbocycles. The Hall–Kier alpha value is -4.24. The van der Waals surface area contributed by atoms with Crippen LogP contribution in [0.5, 0.6) is 0 Å². The molecule has 1 aliphatic rings. The maximum atomic E-state index is 12.5. The summed E-state index contributed by atoms with van der Waals surface area (Å²) in [4.78, 5) is 31.3. The van der Waals surface area contributed by atoms with Crippen LogP contribution in [0, 0.1) is 0 Å². The third-order valence-electron chi connectivity index (χ3n) is 7.77. The molecular formula is C36H38N6OS. The molecular weight excluding hydrogens is 565 g/mol. The quantitative estimate of drug-likeness (QED) is 0.168. The Balaban J connectivity index is 1.15. The third kappa shape index (κ3) is 6.94. The zero-order valence-electron chi connectivity index (χ0n) is 25.7. The molecule has 0 aliphatic carbocycles. The summed E-state index contributed by atoms with van der Waals surface area (Å²) < 4.78 is 0. The van der Waals surface area contributed by atoms with Gasteiger partial charge in [-0.3, -0.25) is 9.79 Å². The largest absolute Gasteiger partial charge is 0.351 e. The van der Waals surface area contributed by atoms with Crippen molar-refractivity contribution < 1.29 is 4.79 Å². The minimum atomic E-state index is -0.0517. The van der Waals surface area contributed by atoms with Crippen LogP contribution in [0.1, 0.15) is 21.5 Å². The molecule has 0 bridgehead atoms. The van der Waals surface area contributed by atoms with Gasteiger partial charge in [0.05, 0.1) is 22.4 Å². The summed E-state index contributed by atoms with van der Waals surface area (Å²) in [6.45, 7) is 2.49. The lowest BCUT2D eigenvalue weighted by Gasteiger charge is -2.10. The van der Waals surface area contributed by atoms with Gasteiger partial charge in [-0.15, -0.1) is 11.8 Å². The molecule has 2 heterocycles. The first-order chi connectivity index (χ1) is 21.3. The van der Waals surface area contributed by atoms with Crippen LogP contribution in [0.25, 0.3) is 33.5 Å². The molecule has 0 saturated carbocycles. The summed E-state index contributed by atoms with van der Waals surface area (Å²) in [5.41, 5.74) is 10.2. The van der Waals surface area contributed by atoms with E-state index in [1.807, 2.05) is 55.0 Å². The fourth-order valence-corrected chi connectivity index (χ4v) is 6.24. The van der Waals surface area contributed by atoms with Crippen molar-refractivity contribution >= 4 is 40.1 Å². The molecule has 0 radical (unpaired) electrons. The second kappa shape index (κ2) is 13.2. The Morgan fingerprint density at radius 3 is 2.25 bits per heavy atom. The molecule has 6 rings (SSSR count). The van der Waals surface area contributed by atoms with Gasteiger partial charge in [0.2, 0.25) is 0 Å². The van der Waals surface area contributed by atoms with E-state index < -0.39 is 0 Å². The molecule has 44 heavy (non-hydrogen) atoms. The number of aromatic amines is 1. The molecule has 0 atom stereocenters. The normalized spacial score (nSPS) is 12.6. The lowest BCUT2D eigenvalue weighted by Crippen LogP contribution is -2.31. The summed E-state index contributed by atoms with van der Waals surface area (Å²) >= 11 is 1.87. The van der Waals surface area contributed by atoms with Crippen LogP contribution in [0.3, 0.4) is 0 Å². The number of rotatable bonds is 11. The van der Waals surface area contributed by atoms with Gasteiger partial charge in [0, 0.05) is 47.8 Å². The number of thioether (sulfide) groups is 1. The summed E-state index contributed by atoms with van der Waals surface area (Å²) in [6.07, 6.45) is 0.778. The number of nitrogens with zero attached hydrogens (tertiary/aromatic N) is 4. The van der Waals surface area contributed by atoms with Crippen molar-refractivity contribution in [1.82, 2.24) is 25.1 Å². The molecule has 1 amide bonds. The average molecular weight is 603 g/mol. The van der Waals surface area contributed by atoms with Crippen LogP contribution < -0.4 is 5.32 Å². The first-order valence-electron chi connectivity index (χ1n) is 14.9. The molecule has 224 valence electrons. The van der Waals surface area contributed by atoms with Crippen LogP contribution in [-0.4, -0.2) is 85.0 Å². The predicted octanol–water partition coefficient (Wildman–Crippen LogP) is 6.52. The van der Waals surface area contributed by atoms with E-state index in [-0.39, 0.29) is 5.91 Å². The number of aromatic nitrogens is 2. The van der Waals surface area contributed by atoms with Gasteiger partial charge >= 0.3 is 0 Å². The first-order valence-corrected chi connectivity index (χ1v) is 15.9. The molecule has 0 saturated heterocycles. The van der Waals surface area contributed by atoms with Crippen LogP contribution >= 0.6 is 11.8 Å². The summed E-state index contributed by atoms with van der Waals surface area (Å²) in [7, 11) is 8.19. The van der Waals surface area contributed by atoms with Gasteiger partial charge in [-0.05, 0) is 92.9 Å². The maximum Gasteiger partial charge on any atom is 0.251 e. The fourth-order valence-electron chi connectivity index (χ4n) is 5.22. The lowest BCUT2D eigenvalue weighted by atomic mass is 9.99. The summed E-state index contributed by atoms with van der Waals surface area (Å²) in [5, 5.41) is 2.97. The second-order valence-corrected chi connectivity index (χ2v) is 12.9. The Kier molecular flexibility index (Phi) is 8.93. The van der Waals surface area contributed by atoms with E-state index in [2.05, 4.69) is 90.0 Å². The van der Waals surface area contributed by atoms with E-state index in [1.54, 1.807) is 0 Å². The third-order valence-corrected chi connectivity index (χ3v) is 8.77. The molecule has 0 fully saturated rings. The van der Waals surface area contributed by atoms with E-state index in [0.29, 0.717) is 12.1 Å². The fraction of sp³-hybridized carbons (Fsp3) is 0.250. The number of carbonyl (C=O) groups excluding carboxylic acids is 1.